The van der Waals surface area contributed by atoms with Gasteiger partial charge in [0.1, 0.15) is 0 Å². The summed E-state index contributed by atoms with van der Waals surface area (Å²) in [6.07, 6.45) is 3.29. The molecule has 0 radical (unpaired) electrons. The summed E-state index contributed by atoms with van der Waals surface area (Å²) in [5.74, 6) is 1.37. The fraction of sp³-hybridized carbons (Fsp3) is 0.450. The van der Waals surface area contributed by atoms with Gasteiger partial charge in [0.15, 0.2) is 11.7 Å². The highest BCUT2D eigenvalue weighted by atomic mass is 16.5. The van der Waals surface area contributed by atoms with E-state index in [1.165, 1.54) is 12.7 Å². The zero-order valence-electron chi connectivity index (χ0n) is 15.6. The van der Waals surface area contributed by atoms with Crippen molar-refractivity contribution in [2.75, 3.05) is 13.7 Å². The van der Waals surface area contributed by atoms with Crippen molar-refractivity contribution in [1.82, 2.24) is 10.3 Å². The first-order chi connectivity index (χ1) is 12.5. The van der Waals surface area contributed by atoms with Crippen LogP contribution in [0.3, 0.4) is 0 Å². The van der Waals surface area contributed by atoms with E-state index in [1.54, 1.807) is 6.20 Å². The van der Waals surface area contributed by atoms with Crippen LogP contribution in [0.1, 0.15) is 50.5 Å². The molecule has 6 heteroatoms. The molecule has 2 aromatic rings. The Hall–Kier alpha value is -2.63. The number of aromatic nitrogens is 1. The second-order valence-electron chi connectivity index (χ2n) is 6.42. The first-order valence-corrected chi connectivity index (χ1v) is 8.88. The summed E-state index contributed by atoms with van der Waals surface area (Å²) < 4.78 is 10.3. The van der Waals surface area contributed by atoms with E-state index in [0.717, 1.165) is 5.56 Å². The fourth-order valence-electron chi connectivity index (χ4n) is 2.46. The van der Waals surface area contributed by atoms with Crippen LogP contribution >= 0.6 is 0 Å². The number of carbonyl (C=O) groups is 2. The normalized spacial score (nSPS) is 10.8. The minimum absolute atomic E-state index is 0.0871. The predicted molar refractivity (Wildman–Crippen MR) is 98.6 cm³/mol. The number of nitrogens with one attached hydrogen (secondary N) is 1. The summed E-state index contributed by atoms with van der Waals surface area (Å²) >= 11 is 0. The average Bonchev–Trinajstić information content (AvgIpc) is 3.12. The van der Waals surface area contributed by atoms with Gasteiger partial charge in [-0.3, -0.25) is 9.59 Å². The summed E-state index contributed by atoms with van der Waals surface area (Å²) in [4.78, 5) is 27.0. The minimum atomic E-state index is -0.270. The largest absolute Gasteiger partial charge is 0.469 e. The van der Waals surface area contributed by atoms with Crippen molar-refractivity contribution in [2.45, 2.75) is 45.4 Å². The first-order valence-electron chi connectivity index (χ1n) is 8.88. The van der Waals surface area contributed by atoms with E-state index in [2.05, 4.69) is 41.0 Å². The van der Waals surface area contributed by atoms with Crippen LogP contribution in [0.2, 0.25) is 0 Å². The van der Waals surface area contributed by atoms with E-state index in [0.29, 0.717) is 49.8 Å². The number of esters is 1. The third-order valence-electron chi connectivity index (χ3n) is 4.09. The van der Waals surface area contributed by atoms with Gasteiger partial charge in [-0.25, -0.2) is 4.98 Å². The first kappa shape index (κ1) is 19.7. The number of carbonyl (C=O) groups excluding carboxylic acids is 2. The fourth-order valence-corrected chi connectivity index (χ4v) is 2.46. The highest BCUT2D eigenvalue weighted by molar-refractivity contribution is 5.76. The number of methoxy groups -OCH3 is 1. The van der Waals surface area contributed by atoms with Crippen LogP contribution in [0.4, 0.5) is 0 Å². The zero-order valence-corrected chi connectivity index (χ0v) is 15.6. The molecule has 0 saturated carbocycles. The molecule has 0 atom stereocenters. The topological polar surface area (TPSA) is 81.4 Å². The average molecular weight is 358 g/mol. The maximum absolute atomic E-state index is 11.8. The number of oxazole rings is 1. The van der Waals surface area contributed by atoms with E-state index in [-0.39, 0.29) is 11.9 Å². The van der Waals surface area contributed by atoms with Crippen LogP contribution in [0.5, 0.6) is 0 Å². The van der Waals surface area contributed by atoms with Crippen molar-refractivity contribution in [3.8, 4) is 11.3 Å². The Balaban J connectivity index is 1.77. The molecule has 1 amide bonds. The smallest absolute Gasteiger partial charge is 0.305 e. The van der Waals surface area contributed by atoms with Crippen LogP contribution < -0.4 is 5.32 Å². The molecule has 2 rings (SSSR count). The van der Waals surface area contributed by atoms with E-state index >= 15 is 0 Å². The highest BCUT2D eigenvalue weighted by Gasteiger charge is 2.10. The van der Waals surface area contributed by atoms with Crippen molar-refractivity contribution < 1.29 is 18.7 Å². The third kappa shape index (κ3) is 6.02. The Bertz CT molecular complexity index is 720. The zero-order chi connectivity index (χ0) is 18.9. The van der Waals surface area contributed by atoms with Gasteiger partial charge in [-0.2, -0.15) is 0 Å². The molecule has 0 bridgehead atoms. The van der Waals surface area contributed by atoms with E-state index < -0.39 is 0 Å². The number of rotatable bonds is 9. The van der Waals surface area contributed by atoms with Gasteiger partial charge in [0.25, 0.3) is 0 Å². The Kier molecular flexibility index (Phi) is 7.38. The molecule has 0 aliphatic heterocycles. The van der Waals surface area contributed by atoms with Gasteiger partial charge >= 0.3 is 5.97 Å². The molecule has 1 aromatic heterocycles. The van der Waals surface area contributed by atoms with Crippen molar-refractivity contribution >= 4 is 11.9 Å². The standard InChI is InChI=1S/C20H26N2O4/c1-14(2)15-6-8-16(9-7-15)17-13-22-19(26-17)11-10-18(23)21-12-4-5-20(24)25-3/h6-9,13-14H,4-5,10-12H2,1-3H3,(H,21,23). The van der Waals surface area contributed by atoms with Crippen LogP contribution in [0, 0.1) is 0 Å². The number of nitrogens with zero attached hydrogens (tertiary/aromatic N) is 1. The van der Waals surface area contributed by atoms with Crippen molar-refractivity contribution in [3.05, 3.63) is 41.9 Å². The van der Waals surface area contributed by atoms with Crippen LogP contribution in [0.15, 0.2) is 34.9 Å². The SMILES string of the molecule is COC(=O)CCCNC(=O)CCc1ncc(-c2ccc(C(C)C)cc2)o1. The lowest BCUT2D eigenvalue weighted by Crippen LogP contribution is -2.25. The lowest BCUT2D eigenvalue weighted by Gasteiger charge is -2.05. The van der Waals surface area contributed by atoms with E-state index in [9.17, 15) is 9.59 Å². The van der Waals surface area contributed by atoms with Crippen LogP contribution in [-0.2, 0) is 20.7 Å². The van der Waals surface area contributed by atoms with Crippen molar-refractivity contribution in [2.24, 2.45) is 0 Å². The Labute approximate surface area is 154 Å². The molecule has 6 nitrogen and oxygen atoms in total. The molecule has 140 valence electrons. The molecule has 0 saturated heterocycles. The van der Waals surface area contributed by atoms with Gasteiger partial charge < -0.3 is 14.5 Å². The quantitative estimate of drug-likeness (QED) is 0.548. The molecule has 1 N–H and O–H groups in total. The van der Waals surface area contributed by atoms with Gasteiger partial charge in [-0.15, -0.1) is 0 Å². The summed E-state index contributed by atoms with van der Waals surface area (Å²) in [5, 5.41) is 2.77. The van der Waals surface area contributed by atoms with Crippen LogP contribution in [-0.4, -0.2) is 30.5 Å². The molecule has 0 fully saturated rings. The maximum atomic E-state index is 11.8. The number of ether oxygens (including phenoxy) is 1. The molecule has 0 aliphatic rings. The molecular weight excluding hydrogens is 332 g/mol. The Morgan fingerprint density at radius 2 is 1.92 bits per heavy atom. The summed E-state index contributed by atoms with van der Waals surface area (Å²) in [6, 6.07) is 8.22. The van der Waals surface area contributed by atoms with E-state index in [1.807, 2.05) is 12.1 Å². The molecule has 1 heterocycles. The van der Waals surface area contributed by atoms with Gasteiger partial charge in [0, 0.05) is 31.4 Å². The number of benzene rings is 1. The third-order valence-corrected chi connectivity index (χ3v) is 4.09. The second kappa shape index (κ2) is 9.75. The number of aryl methyl sites for hydroxylation is 1. The van der Waals surface area contributed by atoms with Crippen molar-refractivity contribution in [3.63, 3.8) is 0 Å². The highest BCUT2D eigenvalue weighted by Crippen LogP contribution is 2.23. The van der Waals surface area contributed by atoms with Crippen LogP contribution in [0.25, 0.3) is 11.3 Å². The monoisotopic (exact) mass is 358 g/mol. The van der Waals surface area contributed by atoms with Gasteiger partial charge in [0.2, 0.25) is 5.91 Å². The lowest BCUT2D eigenvalue weighted by atomic mass is 10.0. The Morgan fingerprint density at radius 3 is 2.58 bits per heavy atom. The Morgan fingerprint density at radius 1 is 1.19 bits per heavy atom. The van der Waals surface area contributed by atoms with Gasteiger partial charge in [0.05, 0.1) is 13.3 Å². The molecule has 26 heavy (non-hydrogen) atoms. The lowest BCUT2D eigenvalue weighted by molar-refractivity contribution is -0.140. The minimum Gasteiger partial charge on any atom is -0.469 e. The number of amides is 1. The molecule has 0 spiro atoms. The molecular formula is C20H26N2O4. The number of hydrogen-bond donors (Lipinski definition) is 1. The molecule has 0 aliphatic carbocycles. The van der Waals surface area contributed by atoms with Crippen molar-refractivity contribution in [1.29, 1.82) is 0 Å². The van der Waals surface area contributed by atoms with Gasteiger partial charge in [-0.05, 0) is 17.9 Å². The summed E-state index contributed by atoms with van der Waals surface area (Å²) in [5.41, 5.74) is 2.25. The summed E-state index contributed by atoms with van der Waals surface area (Å²) in [6.45, 7) is 4.76. The van der Waals surface area contributed by atoms with Gasteiger partial charge in [-0.1, -0.05) is 38.1 Å². The summed E-state index contributed by atoms with van der Waals surface area (Å²) in [7, 11) is 1.35. The second-order valence-corrected chi connectivity index (χ2v) is 6.42. The number of hydrogen-bond acceptors (Lipinski definition) is 5. The maximum Gasteiger partial charge on any atom is 0.305 e. The predicted octanol–water partition coefficient (Wildman–Crippen LogP) is 3.47. The molecule has 0 unspecified atom stereocenters. The van der Waals surface area contributed by atoms with E-state index in [4.69, 9.17) is 4.42 Å². The molecule has 1 aromatic carbocycles.